The fourth-order valence-electron chi connectivity index (χ4n) is 3.50. The van der Waals surface area contributed by atoms with E-state index in [1.54, 1.807) is 13.8 Å². The maximum Gasteiger partial charge on any atom is 0.312 e. The number of carbonyl (C=O) groups is 1. The Bertz CT molecular complexity index is 343. The first kappa shape index (κ1) is 9.57. The summed E-state index contributed by atoms with van der Waals surface area (Å²) in [7, 11) is 0. The molecule has 0 amide bonds. The first-order chi connectivity index (χ1) is 6.95. The van der Waals surface area contributed by atoms with E-state index in [4.69, 9.17) is 9.47 Å². The van der Waals surface area contributed by atoms with Crippen LogP contribution in [0.15, 0.2) is 0 Å². The van der Waals surface area contributed by atoms with E-state index in [-0.39, 0.29) is 18.5 Å². The van der Waals surface area contributed by atoms with E-state index in [1.165, 1.54) is 0 Å². The van der Waals surface area contributed by atoms with Crippen molar-refractivity contribution in [3.63, 3.8) is 0 Å². The van der Waals surface area contributed by atoms with Crippen molar-refractivity contribution in [2.24, 2.45) is 17.3 Å². The van der Waals surface area contributed by atoms with Crippen LogP contribution < -0.4 is 0 Å². The Morgan fingerprint density at radius 3 is 2.73 bits per heavy atom. The minimum atomic E-state index is -1.02. The number of ether oxygens (including phenoxy) is 2. The first-order valence-corrected chi connectivity index (χ1v) is 5.15. The predicted octanol–water partition coefficient (Wildman–Crippen LogP) is -0.736. The summed E-state index contributed by atoms with van der Waals surface area (Å²) in [6.45, 7) is 3.32. The molecule has 3 aliphatic rings. The average Bonchev–Trinajstić information content (AvgIpc) is 2.54. The molecule has 2 heterocycles. The minimum absolute atomic E-state index is 0.160. The van der Waals surface area contributed by atoms with Gasteiger partial charge in [0.2, 0.25) is 5.79 Å². The maximum atomic E-state index is 11.7. The van der Waals surface area contributed by atoms with Crippen LogP contribution >= 0.6 is 0 Å². The quantitative estimate of drug-likeness (QED) is 0.562. The van der Waals surface area contributed by atoms with Gasteiger partial charge in [0, 0.05) is 19.4 Å². The second-order valence-corrected chi connectivity index (χ2v) is 5.00. The molecule has 0 aromatic heterocycles. The molecule has 2 aliphatic heterocycles. The van der Waals surface area contributed by atoms with Crippen LogP contribution in [-0.2, 0) is 14.3 Å². The molecule has 5 nitrogen and oxygen atoms in total. The summed E-state index contributed by atoms with van der Waals surface area (Å²) in [5.41, 5.74) is -0.720. The van der Waals surface area contributed by atoms with Gasteiger partial charge in [-0.2, -0.15) is 0 Å². The normalized spacial score (nSPS) is 61.2. The van der Waals surface area contributed by atoms with Crippen LogP contribution in [0.4, 0.5) is 0 Å². The molecule has 2 bridgehead atoms. The molecule has 6 atom stereocenters. The van der Waals surface area contributed by atoms with Crippen molar-refractivity contribution in [3.8, 4) is 0 Å². The number of aliphatic hydroxyl groups excluding tert-OH is 2. The fourth-order valence-corrected chi connectivity index (χ4v) is 3.50. The van der Waals surface area contributed by atoms with Crippen molar-refractivity contribution >= 4 is 5.97 Å². The van der Waals surface area contributed by atoms with Crippen LogP contribution in [-0.4, -0.2) is 40.8 Å². The third kappa shape index (κ3) is 0.736. The van der Waals surface area contributed by atoms with E-state index in [1.807, 2.05) is 0 Å². The van der Waals surface area contributed by atoms with E-state index < -0.39 is 29.3 Å². The average molecular weight is 214 g/mol. The summed E-state index contributed by atoms with van der Waals surface area (Å²) in [4.78, 5) is 11.7. The number of fused-ring (bicyclic) bond motifs is 1. The Hall–Kier alpha value is -0.650. The molecule has 0 radical (unpaired) electrons. The molecule has 3 fully saturated rings. The van der Waals surface area contributed by atoms with Crippen molar-refractivity contribution in [3.05, 3.63) is 0 Å². The largest absolute Gasteiger partial charge is 0.432 e. The Balaban J connectivity index is 2.15. The van der Waals surface area contributed by atoms with Gasteiger partial charge in [0.05, 0.1) is 23.5 Å². The Morgan fingerprint density at radius 2 is 2.13 bits per heavy atom. The zero-order valence-corrected chi connectivity index (χ0v) is 8.64. The van der Waals surface area contributed by atoms with Gasteiger partial charge in [-0.25, -0.2) is 0 Å². The van der Waals surface area contributed by atoms with Gasteiger partial charge in [-0.15, -0.1) is 0 Å². The van der Waals surface area contributed by atoms with E-state index in [0.29, 0.717) is 0 Å². The number of hydrogen-bond acceptors (Lipinski definition) is 5. The van der Waals surface area contributed by atoms with Crippen molar-refractivity contribution in [1.29, 1.82) is 0 Å². The highest BCUT2D eigenvalue weighted by atomic mass is 16.7. The van der Waals surface area contributed by atoms with Gasteiger partial charge in [-0.1, -0.05) is 0 Å². The summed E-state index contributed by atoms with van der Waals surface area (Å²) in [5.74, 6) is -2.17. The number of aliphatic hydroxyl groups is 2. The molecule has 0 aromatic carbocycles. The highest BCUT2D eigenvalue weighted by Crippen LogP contribution is 2.66. The molecule has 2 saturated heterocycles. The van der Waals surface area contributed by atoms with Gasteiger partial charge in [0.15, 0.2) is 0 Å². The number of esters is 1. The molecule has 2 N–H and O–H groups in total. The lowest BCUT2D eigenvalue weighted by atomic mass is 9.72. The molecule has 2 unspecified atom stereocenters. The van der Waals surface area contributed by atoms with Crippen LogP contribution in [0.2, 0.25) is 0 Å². The fraction of sp³-hybridized carbons (Fsp3) is 0.900. The van der Waals surface area contributed by atoms with Crippen LogP contribution in [0.3, 0.4) is 0 Å². The lowest BCUT2D eigenvalue weighted by molar-refractivity contribution is -0.234. The van der Waals surface area contributed by atoms with Crippen LogP contribution in [0, 0.1) is 17.3 Å². The molecule has 0 aromatic rings. The smallest absolute Gasteiger partial charge is 0.312 e. The van der Waals surface area contributed by atoms with E-state index >= 15 is 0 Å². The Labute approximate surface area is 87.0 Å². The molecule has 15 heavy (non-hydrogen) atoms. The van der Waals surface area contributed by atoms with Crippen molar-refractivity contribution in [2.75, 3.05) is 6.61 Å². The second kappa shape index (κ2) is 2.36. The molecule has 1 aliphatic carbocycles. The van der Waals surface area contributed by atoms with Crippen LogP contribution in [0.1, 0.15) is 13.8 Å². The molecule has 5 heteroatoms. The number of hydrogen-bond donors (Lipinski definition) is 2. The summed E-state index contributed by atoms with van der Waals surface area (Å²) >= 11 is 0. The molecule has 1 saturated carbocycles. The molecule has 84 valence electrons. The van der Waals surface area contributed by atoms with Gasteiger partial charge in [0.25, 0.3) is 0 Å². The third-order valence-corrected chi connectivity index (χ3v) is 4.52. The Kier molecular flexibility index (Phi) is 1.51. The van der Waals surface area contributed by atoms with Gasteiger partial charge < -0.3 is 19.7 Å². The van der Waals surface area contributed by atoms with Crippen LogP contribution in [0.5, 0.6) is 0 Å². The lowest BCUT2D eigenvalue weighted by Crippen LogP contribution is -2.46. The Morgan fingerprint density at radius 1 is 1.47 bits per heavy atom. The summed E-state index contributed by atoms with van der Waals surface area (Å²) in [6, 6.07) is 0. The van der Waals surface area contributed by atoms with E-state index in [0.717, 1.165) is 0 Å². The second-order valence-electron chi connectivity index (χ2n) is 5.00. The third-order valence-electron chi connectivity index (χ3n) is 4.52. The van der Waals surface area contributed by atoms with Crippen LogP contribution in [0.25, 0.3) is 0 Å². The first-order valence-electron chi connectivity index (χ1n) is 5.15. The maximum absolute atomic E-state index is 11.7. The van der Waals surface area contributed by atoms with Crippen molar-refractivity contribution in [2.45, 2.75) is 31.8 Å². The van der Waals surface area contributed by atoms with Gasteiger partial charge in [0.1, 0.15) is 0 Å². The van der Waals surface area contributed by atoms with Gasteiger partial charge in [-0.3, -0.25) is 4.79 Å². The predicted molar refractivity (Wildman–Crippen MR) is 47.5 cm³/mol. The highest BCUT2D eigenvalue weighted by molar-refractivity contribution is 5.79. The topological polar surface area (TPSA) is 76.0 Å². The molecule has 0 spiro atoms. The minimum Gasteiger partial charge on any atom is -0.432 e. The SMILES string of the molecule is C[C@]12OC(=O)[C@H]3[C@H](CO)C(O1)C(O)[C@@]32C. The van der Waals surface area contributed by atoms with Gasteiger partial charge in [-0.05, 0) is 6.92 Å². The number of carbonyl (C=O) groups excluding carboxylic acids is 1. The molecular formula is C10H14O5. The summed E-state index contributed by atoms with van der Waals surface area (Å²) < 4.78 is 10.8. The van der Waals surface area contributed by atoms with E-state index in [9.17, 15) is 15.0 Å². The van der Waals surface area contributed by atoms with Crippen molar-refractivity contribution in [1.82, 2.24) is 0 Å². The molecular weight excluding hydrogens is 200 g/mol. The lowest BCUT2D eigenvalue weighted by Gasteiger charge is -2.36. The zero-order valence-electron chi connectivity index (χ0n) is 8.64. The highest BCUT2D eigenvalue weighted by Gasteiger charge is 2.80. The van der Waals surface area contributed by atoms with Crippen molar-refractivity contribution < 1.29 is 24.5 Å². The number of rotatable bonds is 1. The summed E-state index contributed by atoms with van der Waals surface area (Å²) in [6.07, 6.45) is -1.22. The zero-order chi connectivity index (χ0) is 11.0. The van der Waals surface area contributed by atoms with E-state index in [2.05, 4.69) is 0 Å². The summed E-state index contributed by atoms with van der Waals surface area (Å²) in [5, 5.41) is 19.3. The standard InChI is InChI=1S/C10H14O5/c1-9-5-4(3-11)6(7(9)12)14-10(9,2)15-8(5)13/h4-7,11-12H,3H2,1-2H3/t4-,5+,6?,7?,9+,10+/m0/s1. The molecule has 3 rings (SSSR count). The monoisotopic (exact) mass is 214 g/mol. The van der Waals surface area contributed by atoms with Gasteiger partial charge >= 0.3 is 5.97 Å².